The van der Waals surface area contributed by atoms with Gasteiger partial charge in [-0.2, -0.15) is 0 Å². The molecule has 18 heavy (non-hydrogen) atoms. The second kappa shape index (κ2) is 4.95. The first kappa shape index (κ1) is 12.2. The molecule has 0 spiro atoms. The molecule has 0 fully saturated rings. The van der Waals surface area contributed by atoms with E-state index in [0.717, 1.165) is 16.9 Å². The monoisotopic (exact) mass is 250 g/mol. The third-order valence-electron chi connectivity index (χ3n) is 2.73. The van der Waals surface area contributed by atoms with Crippen LogP contribution in [0.5, 0.6) is 11.5 Å². The molecule has 0 saturated carbocycles. The Morgan fingerprint density at radius 1 is 1.33 bits per heavy atom. The third-order valence-corrected chi connectivity index (χ3v) is 2.73. The van der Waals surface area contributed by atoms with E-state index >= 15 is 0 Å². The number of hydrogen-bond acceptors (Lipinski definition) is 4. The van der Waals surface area contributed by atoms with Gasteiger partial charge < -0.3 is 20.5 Å². The lowest BCUT2D eigenvalue weighted by Gasteiger charge is -2.08. The average molecular weight is 250 g/mol. The molecule has 2 rings (SSSR count). The maximum atomic E-state index is 11.0. The number of benzene rings is 1. The van der Waals surface area contributed by atoms with Crippen molar-refractivity contribution in [3.63, 3.8) is 0 Å². The fourth-order valence-corrected chi connectivity index (χ4v) is 1.75. The van der Waals surface area contributed by atoms with Gasteiger partial charge in [-0.25, -0.2) is 0 Å². The number of ether oxygens (including phenoxy) is 2. The van der Waals surface area contributed by atoms with Crippen LogP contribution in [0.2, 0.25) is 0 Å². The van der Waals surface area contributed by atoms with Gasteiger partial charge in [0.25, 0.3) is 0 Å². The van der Waals surface area contributed by atoms with E-state index in [0.29, 0.717) is 18.7 Å². The van der Waals surface area contributed by atoms with E-state index in [2.05, 4.69) is 5.32 Å². The van der Waals surface area contributed by atoms with Gasteiger partial charge in [0.05, 0.1) is 0 Å². The molecule has 1 heterocycles. The van der Waals surface area contributed by atoms with E-state index < -0.39 is 11.8 Å². The Labute approximate surface area is 104 Å². The Bertz CT molecular complexity index is 499. The highest BCUT2D eigenvalue weighted by atomic mass is 16.7. The van der Waals surface area contributed by atoms with E-state index in [9.17, 15) is 9.59 Å². The number of primary amides is 1. The van der Waals surface area contributed by atoms with Crippen LogP contribution in [0.15, 0.2) is 12.1 Å². The number of nitrogens with two attached hydrogens (primary N) is 1. The maximum Gasteiger partial charge on any atom is 0.309 e. The topological polar surface area (TPSA) is 90.7 Å². The van der Waals surface area contributed by atoms with E-state index in [1.807, 2.05) is 19.1 Å². The first-order chi connectivity index (χ1) is 8.58. The molecule has 0 atom stereocenters. The molecule has 1 aliphatic heterocycles. The second-order valence-electron chi connectivity index (χ2n) is 4.00. The zero-order chi connectivity index (χ0) is 13.1. The highest BCUT2D eigenvalue weighted by Crippen LogP contribution is 2.34. The second-order valence-corrected chi connectivity index (χ2v) is 4.00. The number of amides is 2. The zero-order valence-corrected chi connectivity index (χ0v) is 9.99. The van der Waals surface area contributed by atoms with Crippen molar-refractivity contribution in [1.29, 1.82) is 0 Å². The predicted octanol–water partition coefficient (Wildman–Crippen LogP) is -0.132. The lowest BCUT2D eigenvalue weighted by atomic mass is 10.0. The Morgan fingerprint density at radius 2 is 2.00 bits per heavy atom. The van der Waals surface area contributed by atoms with Crippen molar-refractivity contribution in [2.75, 3.05) is 13.3 Å². The number of nitrogens with one attached hydrogen (secondary N) is 1. The molecule has 0 aliphatic carbocycles. The quantitative estimate of drug-likeness (QED) is 0.731. The number of carbonyl (C=O) groups excluding carboxylic acids is 2. The molecular formula is C12H14N2O4. The Hall–Kier alpha value is -2.24. The zero-order valence-electron chi connectivity index (χ0n) is 9.99. The van der Waals surface area contributed by atoms with Gasteiger partial charge in [-0.1, -0.05) is 0 Å². The summed E-state index contributed by atoms with van der Waals surface area (Å²) in [6.45, 7) is 2.53. The van der Waals surface area contributed by atoms with Gasteiger partial charge in [-0.15, -0.1) is 0 Å². The molecule has 1 aromatic carbocycles. The fraction of sp³-hybridized carbons (Fsp3) is 0.333. The van der Waals surface area contributed by atoms with Crippen LogP contribution in [0, 0.1) is 6.92 Å². The summed E-state index contributed by atoms with van der Waals surface area (Å²) in [5, 5.41) is 2.44. The maximum absolute atomic E-state index is 11.0. The van der Waals surface area contributed by atoms with Crippen LogP contribution in [-0.4, -0.2) is 25.2 Å². The Morgan fingerprint density at radius 3 is 2.67 bits per heavy atom. The van der Waals surface area contributed by atoms with Gasteiger partial charge in [0.15, 0.2) is 11.5 Å². The predicted molar refractivity (Wildman–Crippen MR) is 63.2 cm³/mol. The summed E-state index contributed by atoms with van der Waals surface area (Å²) >= 11 is 0. The number of rotatable bonds is 3. The minimum atomic E-state index is -0.975. The van der Waals surface area contributed by atoms with Crippen LogP contribution in [0.25, 0.3) is 0 Å². The average Bonchev–Trinajstić information content (AvgIpc) is 2.75. The lowest BCUT2D eigenvalue weighted by Crippen LogP contribution is -2.37. The van der Waals surface area contributed by atoms with Crippen LogP contribution < -0.4 is 20.5 Å². The molecule has 3 N–H and O–H groups in total. The van der Waals surface area contributed by atoms with Crippen molar-refractivity contribution < 1.29 is 19.1 Å². The highest BCUT2D eigenvalue weighted by Gasteiger charge is 2.15. The molecule has 1 aromatic rings. The summed E-state index contributed by atoms with van der Waals surface area (Å²) in [6.07, 6.45) is 0.599. The minimum absolute atomic E-state index is 0.233. The van der Waals surface area contributed by atoms with Crippen LogP contribution >= 0.6 is 0 Å². The summed E-state index contributed by atoms with van der Waals surface area (Å²) in [6, 6.07) is 3.78. The normalized spacial score (nSPS) is 12.3. The highest BCUT2D eigenvalue weighted by molar-refractivity contribution is 6.34. The van der Waals surface area contributed by atoms with E-state index in [-0.39, 0.29) is 6.79 Å². The smallest absolute Gasteiger partial charge is 0.309 e. The SMILES string of the molecule is Cc1cc2c(cc1CCNC(=O)C(N)=O)OCO2. The van der Waals surface area contributed by atoms with Gasteiger partial charge in [0.2, 0.25) is 6.79 Å². The van der Waals surface area contributed by atoms with Crippen molar-refractivity contribution in [1.82, 2.24) is 5.32 Å². The van der Waals surface area contributed by atoms with Gasteiger partial charge in [-0.05, 0) is 36.6 Å². The van der Waals surface area contributed by atoms with E-state index in [1.54, 1.807) is 0 Å². The minimum Gasteiger partial charge on any atom is -0.454 e. The number of hydrogen-bond donors (Lipinski definition) is 2. The summed E-state index contributed by atoms with van der Waals surface area (Å²) in [5.41, 5.74) is 6.91. The van der Waals surface area contributed by atoms with Gasteiger partial charge in [-0.3, -0.25) is 9.59 Å². The summed E-state index contributed by atoms with van der Waals surface area (Å²) in [5.74, 6) is -0.306. The van der Waals surface area contributed by atoms with Crippen molar-refractivity contribution in [3.8, 4) is 11.5 Å². The van der Waals surface area contributed by atoms with E-state index in [1.165, 1.54) is 0 Å². The Balaban J connectivity index is 1.98. The lowest BCUT2D eigenvalue weighted by molar-refractivity contribution is -0.137. The molecule has 0 saturated heterocycles. The van der Waals surface area contributed by atoms with Crippen LogP contribution in [0.1, 0.15) is 11.1 Å². The van der Waals surface area contributed by atoms with Gasteiger partial charge in [0.1, 0.15) is 0 Å². The van der Waals surface area contributed by atoms with Crippen LogP contribution in [0.4, 0.5) is 0 Å². The first-order valence-corrected chi connectivity index (χ1v) is 5.54. The molecule has 96 valence electrons. The molecular weight excluding hydrogens is 236 g/mol. The molecule has 2 amide bonds. The van der Waals surface area contributed by atoms with Crippen molar-refractivity contribution in [2.24, 2.45) is 5.73 Å². The molecule has 6 nitrogen and oxygen atoms in total. The van der Waals surface area contributed by atoms with Crippen molar-refractivity contribution >= 4 is 11.8 Å². The van der Waals surface area contributed by atoms with Gasteiger partial charge in [0, 0.05) is 6.54 Å². The number of aryl methyl sites for hydroxylation is 1. The third kappa shape index (κ3) is 2.53. The first-order valence-electron chi connectivity index (χ1n) is 5.54. The van der Waals surface area contributed by atoms with E-state index in [4.69, 9.17) is 15.2 Å². The standard InChI is InChI=1S/C12H14N2O4/c1-7-4-9-10(18-6-17-9)5-8(7)2-3-14-12(16)11(13)15/h4-5H,2-3,6H2,1H3,(H2,13,15)(H,14,16). The number of fused-ring (bicyclic) bond motifs is 1. The molecule has 0 unspecified atom stereocenters. The Kier molecular flexibility index (Phi) is 3.36. The van der Waals surface area contributed by atoms with Crippen LogP contribution in [0.3, 0.4) is 0 Å². The molecule has 1 aliphatic rings. The fourth-order valence-electron chi connectivity index (χ4n) is 1.75. The van der Waals surface area contributed by atoms with Crippen molar-refractivity contribution in [2.45, 2.75) is 13.3 Å². The van der Waals surface area contributed by atoms with Gasteiger partial charge >= 0.3 is 11.8 Å². The number of carbonyl (C=O) groups is 2. The summed E-state index contributed by atoms with van der Waals surface area (Å²) < 4.78 is 10.5. The van der Waals surface area contributed by atoms with Crippen molar-refractivity contribution in [3.05, 3.63) is 23.3 Å². The molecule has 0 aromatic heterocycles. The molecule has 0 radical (unpaired) electrons. The molecule has 0 bridgehead atoms. The summed E-state index contributed by atoms with van der Waals surface area (Å²) in [7, 11) is 0. The van der Waals surface area contributed by atoms with Crippen LogP contribution in [-0.2, 0) is 16.0 Å². The largest absolute Gasteiger partial charge is 0.454 e. The summed E-state index contributed by atoms with van der Waals surface area (Å²) in [4.78, 5) is 21.5. The molecule has 6 heteroatoms.